The fraction of sp³-hybridized carbons (Fsp3) is 0.611. The Kier molecular flexibility index (Phi) is 6.24. The number of carbonyl (C=O) groups is 1. The van der Waals surface area contributed by atoms with Crippen molar-refractivity contribution in [1.29, 1.82) is 0 Å². The fourth-order valence-electron chi connectivity index (χ4n) is 3.31. The number of nitrogens with two attached hydrogens (primary N) is 1. The number of hydrogen-bond acceptors (Lipinski definition) is 2. The Bertz CT molecular complexity index is 432. The predicted octanol–water partition coefficient (Wildman–Crippen LogP) is 2.84. The van der Waals surface area contributed by atoms with E-state index in [1.165, 1.54) is 24.8 Å². The van der Waals surface area contributed by atoms with Crippen molar-refractivity contribution >= 4 is 5.91 Å². The average molecular weight is 288 g/mol. The van der Waals surface area contributed by atoms with Crippen LogP contribution in [-0.4, -0.2) is 30.4 Å². The molecular formula is C18H28N2O. The van der Waals surface area contributed by atoms with Gasteiger partial charge in [0, 0.05) is 26.1 Å². The molecule has 1 amide bonds. The minimum absolute atomic E-state index is 0.287. The molecule has 0 aliphatic heterocycles. The van der Waals surface area contributed by atoms with Gasteiger partial charge in [0.2, 0.25) is 5.91 Å². The maximum absolute atomic E-state index is 12.5. The number of carbonyl (C=O) groups excluding carboxylic acids is 1. The summed E-state index contributed by atoms with van der Waals surface area (Å²) in [6.45, 7) is 4.29. The molecule has 21 heavy (non-hydrogen) atoms. The second kappa shape index (κ2) is 8.18. The monoisotopic (exact) mass is 288 g/mol. The molecule has 2 rings (SSSR count). The van der Waals surface area contributed by atoms with Gasteiger partial charge in [-0.25, -0.2) is 0 Å². The van der Waals surface area contributed by atoms with E-state index in [9.17, 15) is 4.79 Å². The SMILES string of the molecule is CC1CCC(CC(=O)N(CCN)CCc2ccccc2)C1. The van der Waals surface area contributed by atoms with Crippen molar-refractivity contribution in [2.24, 2.45) is 17.6 Å². The van der Waals surface area contributed by atoms with Gasteiger partial charge in [0.25, 0.3) is 0 Å². The molecule has 1 aromatic rings. The van der Waals surface area contributed by atoms with Crippen LogP contribution >= 0.6 is 0 Å². The minimum Gasteiger partial charge on any atom is -0.341 e. The summed E-state index contributed by atoms with van der Waals surface area (Å²) in [5.41, 5.74) is 6.95. The van der Waals surface area contributed by atoms with E-state index >= 15 is 0 Å². The van der Waals surface area contributed by atoms with Crippen LogP contribution < -0.4 is 5.73 Å². The van der Waals surface area contributed by atoms with E-state index in [1.54, 1.807) is 0 Å². The summed E-state index contributed by atoms with van der Waals surface area (Å²) in [7, 11) is 0. The van der Waals surface area contributed by atoms with Crippen LogP contribution in [0.15, 0.2) is 30.3 Å². The second-order valence-corrected chi connectivity index (χ2v) is 6.39. The van der Waals surface area contributed by atoms with Crippen LogP contribution in [0.3, 0.4) is 0 Å². The molecule has 1 fully saturated rings. The molecular weight excluding hydrogens is 260 g/mol. The number of rotatable bonds is 7. The first kappa shape index (κ1) is 16.0. The molecule has 0 aromatic heterocycles. The van der Waals surface area contributed by atoms with E-state index in [1.807, 2.05) is 23.1 Å². The van der Waals surface area contributed by atoms with Crippen LogP contribution in [0.25, 0.3) is 0 Å². The smallest absolute Gasteiger partial charge is 0.222 e. The number of benzene rings is 1. The Morgan fingerprint density at radius 3 is 2.62 bits per heavy atom. The lowest BCUT2D eigenvalue weighted by atomic mass is 10.0. The third-order valence-electron chi connectivity index (χ3n) is 4.53. The standard InChI is InChI=1S/C18H28N2O/c1-15-7-8-17(13-15)14-18(21)20(12-10-19)11-9-16-5-3-2-4-6-16/h2-6,15,17H,7-14,19H2,1H3. The van der Waals surface area contributed by atoms with E-state index in [0.29, 0.717) is 25.4 Å². The molecule has 0 saturated heterocycles. The van der Waals surface area contributed by atoms with Crippen LogP contribution in [0, 0.1) is 11.8 Å². The third kappa shape index (κ3) is 5.16. The topological polar surface area (TPSA) is 46.3 Å². The summed E-state index contributed by atoms with van der Waals surface area (Å²) in [6, 6.07) is 10.3. The largest absolute Gasteiger partial charge is 0.341 e. The Hall–Kier alpha value is -1.35. The van der Waals surface area contributed by atoms with Crippen molar-refractivity contribution in [1.82, 2.24) is 4.90 Å². The van der Waals surface area contributed by atoms with Gasteiger partial charge < -0.3 is 10.6 Å². The van der Waals surface area contributed by atoms with Gasteiger partial charge in [-0.3, -0.25) is 4.79 Å². The summed E-state index contributed by atoms with van der Waals surface area (Å²) in [5, 5.41) is 0. The zero-order chi connectivity index (χ0) is 15.1. The molecule has 2 N–H and O–H groups in total. The molecule has 1 aliphatic carbocycles. The molecule has 0 bridgehead atoms. The first-order valence-corrected chi connectivity index (χ1v) is 8.20. The summed E-state index contributed by atoms with van der Waals surface area (Å²) in [6.07, 6.45) is 5.31. The molecule has 1 aromatic carbocycles. The average Bonchev–Trinajstić information content (AvgIpc) is 2.89. The van der Waals surface area contributed by atoms with Crippen LogP contribution in [0.5, 0.6) is 0 Å². The first-order valence-electron chi connectivity index (χ1n) is 8.20. The summed E-state index contributed by atoms with van der Waals surface area (Å²) in [5.74, 6) is 1.66. The van der Waals surface area contributed by atoms with Gasteiger partial charge >= 0.3 is 0 Å². The maximum atomic E-state index is 12.5. The van der Waals surface area contributed by atoms with Gasteiger partial charge in [0.15, 0.2) is 0 Å². The van der Waals surface area contributed by atoms with Crippen molar-refractivity contribution in [3.8, 4) is 0 Å². The highest BCUT2D eigenvalue weighted by atomic mass is 16.2. The number of amides is 1. The second-order valence-electron chi connectivity index (χ2n) is 6.39. The van der Waals surface area contributed by atoms with Crippen LogP contribution in [0.2, 0.25) is 0 Å². The number of nitrogens with zero attached hydrogens (tertiary/aromatic N) is 1. The van der Waals surface area contributed by atoms with E-state index in [2.05, 4.69) is 19.1 Å². The van der Waals surface area contributed by atoms with E-state index in [-0.39, 0.29) is 5.91 Å². The lowest BCUT2D eigenvalue weighted by molar-refractivity contribution is -0.132. The molecule has 2 atom stereocenters. The van der Waals surface area contributed by atoms with E-state index < -0.39 is 0 Å². The van der Waals surface area contributed by atoms with Gasteiger partial charge in [0.05, 0.1) is 0 Å². The van der Waals surface area contributed by atoms with Gasteiger partial charge in [-0.05, 0) is 36.7 Å². The molecule has 1 saturated carbocycles. The molecule has 0 heterocycles. The van der Waals surface area contributed by atoms with Gasteiger partial charge in [-0.15, -0.1) is 0 Å². The molecule has 2 unspecified atom stereocenters. The normalized spacial score (nSPS) is 21.4. The lowest BCUT2D eigenvalue weighted by Gasteiger charge is -2.23. The van der Waals surface area contributed by atoms with Crippen LogP contribution in [0.4, 0.5) is 0 Å². The third-order valence-corrected chi connectivity index (χ3v) is 4.53. The Morgan fingerprint density at radius 2 is 2.00 bits per heavy atom. The summed E-state index contributed by atoms with van der Waals surface area (Å²) in [4.78, 5) is 14.4. The predicted molar refractivity (Wildman–Crippen MR) is 86.9 cm³/mol. The zero-order valence-electron chi connectivity index (χ0n) is 13.1. The van der Waals surface area contributed by atoms with Gasteiger partial charge in [-0.1, -0.05) is 43.7 Å². The van der Waals surface area contributed by atoms with Crippen LogP contribution in [-0.2, 0) is 11.2 Å². The Morgan fingerprint density at radius 1 is 1.24 bits per heavy atom. The van der Waals surface area contributed by atoms with Gasteiger partial charge in [0.1, 0.15) is 0 Å². The highest BCUT2D eigenvalue weighted by molar-refractivity contribution is 5.76. The maximum Gasteiger partial charge on any atom is 0.222 e. The molecule has 1 aliphatic rings. The highest BCUT2D eigenvalue weighted by Gasteiger charge is 2.25. The highest BCUT2D eigenvalue weighted by Crippen LogP contribution is 2.32. The fourth-order valence-corrected chi connectivity index (χ4v) is 3.31. The molecule has 0 spiro atoms. The molecule has 116 valence electrons. The Labute approximate surface area is 128 Å². The minimum atomic E-state index is 0.287. The van der Waals surface area contributed by atoms with E-state index in [0.717, 1.165) is 18.9 Å². The first-order chi connectivity index (χ1) is 10.2. The summed E-state index contributed by atoms with van der Waals surface area (Å²) < 4.78 is 0. The quantitative estimate of drug-likeness (QED) is 0.838. The van der Waals surface area contributed by atoms with Crippen molar-refractivity contribution in [2.45, 2.75) is 39.0 Å². The Balaban J connectivity index is 1.84. The van der Waals surface area contributed by atoms with Crippen LogP contribution in [0.1, 0.15) is 38.2 Å². The molecule has 3 nitrogen and oxygen atoms in total. The van der Waals surface area contributed by atoms with E-state index in [4.69, 9.17) is 5.73 Å². The van der Waals surface area contributed by atoms with Crippen molar-refractivity contribution < 1.29 is 4.79 Å². The van der Waals surface area contributed by atoms with Gasteiger partial charge in [-0.2, -0.15) is 0 Å². The van der Waals surface area contributed by atoms with Crippen molar-refractivity contribution in [3.63, 3.8) is 0 Å². The lowest BCUT2D eigenvalue weighted by Crippen LogP contribution is -2.37. The zero-order valence-corrected chi connectivity index (χ0v) is 13.1. The number of hydrogen-bond donors (Lipinski definition) is 1. The van der Waals surface area contributed by atoms with Crippen molar-refractivity contribution in [3.05, 3.63) is 35.9 Å². The summed E-state index contributed by atoms with van der Waals surface area (Å²) >= 11 is 0. The molecule has 3 heteroatoms. The molecule has 0 radical (unpaired) electrons. The van der Waals surface area contributed by atoms with Crippen molar-refractivity contribution in [2.75, 3.05) is 19.6 Å².